The van der Waals surface area contributed by atoms with Crippen LogP contribution in [0.25, 0.3) is 10.9 Å². The molecule has 0 fully saturated rings. The smallest absolute Gasteiger partial charge is 0.350 e. The number of carbonyl (C=O) groups excluding carboxylic acids is 2. The molecule has 1 N–H and O–H groups in total. The quantitative estimate of drug-likeness (QED) is 0.276. The monoisotopic (exact) mass is 415 g/mol. The number of rotatable bonds is 7. The Labute approximate surface area is 169 Å². The molecular weight excluding hydrogens is 398 g/mol. The lowest BCUT2D eigenvalue weighted by Gasteiger charge is -2.11. The van der Waals surface area contributed by atoms with E-state index in [0.717, 1.165) is 11.8 Å². The second-order valence-corrected chi connectivity index (χ2v) is 7.47. The van der Waals surface area contributed by atoms with Gasteiger partial charge in [-0.1, -0.05) is 30.0 Å². The fraction of sp³-hybridized carbons (Fsp3) is 0.158. The molecule has 2 heterocycles. The summed E-state index contributed by atoms with van der Waals surface area (Å²) in [5.74, 6) is -0.798. The molecule has 1 amide bonds. The van der Waals surface area contributed by atoms with Crippen LogP contribution in [-0.4, -0.2) is 34.3 Å². The third kappa shape index (κ3) is 4.15. The summed E-state index contributed by atoms with van der Waals surface area (Å²) in [6.45, 7) is 3.97. The fourth-order valence-corrected chi connectivity index (χ4v) is 4.10. The minimum absolute atomic E-state index is 0.0262. The van der Waals surface area contributed by atoms with Gasteiger partial charge in [0.2, 0.25) is 5.91 Å². The van der Waals surface area contributed by atoms with Gasteiger partial charge in [-0.3, -0.25) is 14.2 Å². The number of thioether (sulfide) groups is 1. The van der Waals surface area contributed by atoms with Crippen molar-refractivity contribution in [2.24, 2.45) is 0 Å². The van der Waals surface area contributed by atoms with Crippen molar-refractivity contribution in [3.05, 3.63) is 63.6 Å². The maximum atomic E-state index is 12.7. The molecule has 0 radical (unpaired) electrons. The molecule has 0 unspecified atom stereocenters. The molecule has 0 aliphatic heterocycles. The van der Waals surface area contributed by atoms with Gasteiger partial charge in [0.1, 0.15) is 4.88 Å². The average molecular weight is 415 g/mol. The van der Waals surface area contributed by atoms with Crippen molar-refractivity contribution in [3.63, 3.8) is 0 Å². The van der Waals surface area contributed by atoms with Crippen molar-refractivity contribution in [3.8, 4) is 0 Å². The van der Waals surface area contributed by atoms with Gasteiger partial charge in [0.25, 0.3) is 5.56 Å². The number of hydrogen-bond acceptors (Lipinski definition) is 7. The van der Waals surface area contributed by atoms with Crippen molar-refractivity contribution in [1.29, 1.82) is 0 Å². The van der Waals surface area contributed by atoms with Crippen molar-refractivity contribution in [2.45, 2.75) is 11.7 Å². The Morgan fingerprint density at radius 2 is 2.14 bits per heavy atom. The SMILES string of the molecule is C=CCn1c(SCC(=O)Nc2ccsc2C(=O)OC)nc2ccccc2c1=O. The second-order valence-electron chi connectivity index (χ2n) is 5.61. The first-order valence-electron chi connectivity index (χ1n) is 8.24. The maximum absolute atomic E-state index is 12.7. The van der Waals surface area contributed by atoms with E-state index in [9.17, 15) is 14.4 Å². The van der Waals surface area contributed by atoms with E-state index in [-0.39, 0.29) is 23.8 Å². The highest BCUT2D eigenvalue weighted by Gasteiger charge is 2.17. The van der Waals surface area contributed by atoms with Crippen LogP contribution in [0.4, 0.5) is 5.69 Å². The lowest BCUT2D eigenvalue weighted by molar-refractivity contribution is -0.113. The van der Waals surface area contributed by atoms with Crippen LogP contribution >= 0.6 is 23.1 Å². The average Bonchev–Trinajstić information content (AvgIpc) is 3.16. The Balaban J connectivity index is 1.80. The summed E-state index contributed by atoms with van der Waals surface area (Å²) in [6, 6.07) is 8.70. The lowest BCUT2D eigenvalue weighted by Crippen LogP contribution is -2.24. The van der Waals surface area contributed by atoms with Gasteiger partial charge >= 0.3 is 5.97 Å². The van der Waals surface area contributed by atoms with Crippen LogP contribution in [-0.2, 0) is 16.1 Å². The summed E-state index contributed by atoms with van der Waals surface area (Å²) >= 11 is 2.33. The molecule has 28 heavy (non-hydrogen) atoms. The van der Waals surface area contributed by atoms with Crippen LogP contribution in [0.15, 0.2) is 58.3 Å². The van der Waals surface area contributed by atoms with Crippen LogP contribution < -0.4 is 10.9 Å². The predicted molar refractivity (Wildman–Crippen MR) is 111 cm³/mol. The summed E-state index contributed by atoms with van der Waals surface area (Å²) in [4.78, 5) is 41.6. The van der Waals surface area contributed by atoms with Crippen LogP contribution in [0.3, 0.4) is 0 Å². The van der Waals surface area contributed by atoms with Crippen LogP contribution in [0.5, 0.6) is 0 Å². The predicted octanol–water partition coefficient (Wildman–Crippen LogP) is 3.16. The Morgan fingerprint density at radius 3 is 2.89 bits per heavy atom. The third-order valence-electron chi connectivity index (χ3n) is 3.78. The van der Waals surface area contributed by atoms with Crippen molar-refractivity contribution in [1.82, 2.24) is 9.55 Å². The number of amides is 1. The van der Waals surface area contributed by atoms with Gasteiger partial charge in [0.05, 0.1) is 29.5 Å². The van der Waals surface area contributed by atoms with Crippen LogP contribution in [0, 0.1) is 0 Å². The summed E-state index contributed by atoms with van der Waals surface area (Å²) < 4.78 is 6.18. The van der Waals surface area contributed by atoms with Crippen LogP contribution in [0.2, 0.25) is 0 Å². The van der Waals surface area contributed by atoms with E-state index < -0.39 is 5.97 Å². The minimum atomic E-state index is -0.506. The van der Waals surface area contributed by atoms with Gasteiger partial charge in [-0.2, -0.15) is 0 Å². The molecule has 0 saturated heterocycles. The lowest BCUT2D eigenvalue weighted by atomic mass is 10.2. The number of benzene rings is 1. The first kappa shape index (κ1) is 19.8. The zero-order valence-corrected chi connectivity index (χ0v) is 16.6. The molecular formula is C19H17N3O4S2. The molecule has 0 aliphatic carbocycles. The summed E-state index contributed by atoms with van der Waals surface area (Å²) in [5, 5.41) is 5.33. The molecule has 3 aromatic rings. The van der Waals surface area contributed by atoms with Gasteiger partial charge in [-0.25, -0.2) is 9.78 Å². The largest absolute Gasteiger partial charge is 0.465 e. The standard InChI is InChI=1S/C19H17N3O4S2/c1-3-9-22-17(24)12-6-4-5-7-13(12)21-19(22)28-11-15(23)20-14-8-10-27-16(14)18(25)26-2/h3-8,10H,1,9,11H2,2H3,(H,20,23). The number of aromatic nitrogens is 2. The van der Waals surface area contributed by atoms with E-state index in [2.05, 4.69) is 16.9 Å². The number of fused-ring (bicyclic) bond motifs is 1. The molecule has 9 heteroatoms. The summed E-state index contributed by atoms with van der Waals surface area (Å²) in [6.07, 6.45) is 1.61. The molecule has 0 atom stereocenters. The number of esters is 1. The zero-order chi connectivity index (χ0) is 20.1. The number of ether oxygens (including phenoxy) is 1. The molecule has 2 aromatic heterocycles. The normalized spacial score (nSPS) is 10.6. The van der Waals surface area contributed by atoms with Crippen molar-refractivity contribution >= 4 is 51.6 Å². The van der Waals surface area contributed by atoms with E-state index in [4.69, 9.17) is 4.74 Å². The Bertz CT molecular complexity index is 1100. The minimum Gasteiger partial charge on any atom is -0.465 e. The highest BCUT2D eigenvalue weighted by molar-refractivity contribution is 7.99. The summed E-state index contributed by atoms with van der Waals surface area (Å²) in [7, 11) is 1.29. The first-order chi connectivity index (χ1) is 13.5. The number of para-hydroxylation sites is 1. The van der Waals surface area contributed by atoms with Gasteiger partial charge in [0.15, 0.2) is 5.16 Å². The van der Waals surface area contributed by atoms with E-state index in [1.54, 1.807) is 41.8 Å². The zero-order valence-electron chi connectivity index (χ0n) is 15.0. The number of allylic oxidation sites excluding steroid dienone is 1. The molecule has 0 bridgehead atoms. The molecule has 7 nitrogen and oxygen atoms in total. The number of thiophene rings is 1. The Hall–Kier alpha value is -2.91. The molecule has 0 aliphatic rings. The molecule has 144 valence electrons. The molecule has 0 saturated carbocycles. The number of hydrogen-bond donors (Lipinski definition) is 1. The van der Waals surface area contributed by atoms with Crippen molar-refractivity contribution in [2.75, 3.05) is 18.2 Å². The number of methoxy groups -OCH3 is 1. The Kier molecular flexibility index (Phi) is 6.27. The van der Waals surface area contributed by atoms with Gasteiger partial charge in [-0.15, -0.1) is 17.9 Å². The third-order valence-corrected chi connectivity index (χ3v) is 5.65. The molecule has 3 rings (SSSR count). The molecule has 1 aromatic carbocycles. The first-order valence-corrected chi connectivity index (χ1v) is 10.1. The number of carbonyl (C=O) groups is 2. The summed E-state index contributed by atoms with van der Waals surface area (Å²) in [5.41, 5.74) is 0.790. The number of nitrogens with one attached hydrogen (secondary N) is 1. The van der Waals surface area contributed by atoms with Gasteiger partial charge < -0.3 is 10.1 Å². The van der Waals surface area contributed by atoms with Crippen molar-refractivity contribution < 1.29 is 14.3 Å². The van der Waals surface area contributed by atoms with E-state index >= 15 is 0 Å². The Morgan fingerprint density at radius 1 is 1.36 bits per heavy atom. The van der Waals surface area contributed by atoms with Crippen LogP contribution in [0.1, 0.15) is 9.67 Å². The topological polar surface area (TPSA) is 90.3 Å². The maximum Gasteiger partial charge on any atom is 0.350 e. The second kappa shape index (κ2) is 8.85. The van der Waals surface area contributed by atoms with E-state index in [1.165, 1.54) is 23.0 Å². The fourth-order valence-electron chi connectivity index (χ4n) is 2.52. The number of anilines is 1. The van der Waals surface area contributed by atoms with Gasteiger partial charge in [-0.05, 0) is 23.6 Å². The molecule has 0 spiro atoms. The van der Waals surface area contributed by atoms with E-state index in [1.807, 2.05) is 0 Å². The van der Waals surface area contributed by atoms with Gasteiger partial charge in [0, 0.05) is 6.54 Å². The highest BCUT2D eigenvalue weighted by atomic mass is 32.2. The number of nitrogens with zero attached hydrogens (tertiary/aromatic N) is 2. The van der Waals surface area contributed by atoms with E-state index in [0.29, 0.717) is 26.6 Å². The highest BCUT2D eigenvalue weighted by Crippen LogP contribution is 2.24.